The van der Waals surface area contributed by atoms with Crippen molar-refractivity contribution in [1.29, 1.82) is 0 Å². The number of hydrogen-bond donors (Lipinski definition) is 0. The number of aromatic nitrogens is 2. The maximum Gasteiger partial charge on any atom is 0.0895 e. The van der Waals surface area contributed by atoms with E-state index in [4.69, 9.17) is 0 Å². The van der Waals surface area contributed by atoms with Gasteiger partial charge in [0.05, 0.1) is 17.4 Å². The van der Waals surface area contributed by atoms with Crippen LogP contribution < -0.4 is 4.90 Å². The molecule has 2 saturated heterocycles. The second-order valence-electron chi connectivity index (χ2n) is 7.34. The number of likely N-dealkylation sites (tertiary alicyclic amines) is 1. The van der Waals surface area contributed by atoms with Crippen molar-refractivity contribution in [3.8, 4) is 0 Å². The number of likely N-dealkylation sites (N-methyl/N-ethyl adjacent to an activating group) is 1. The lowest BCUT2D eigenvalue weighted by molar-refractivity contribution is 0.313. The first-order chi connectivity index (χ1) is 11.8. The van der Waals surface area contributed by atoms with Gasteiger partial charge in [-0.3, -0.25) is 0 Å². The summed E-state index contributed by atoms with van der Waals surface area (Å²) in [6.07, 6.45) is 9.42. The largest absolute Gasteiger partial charge is 0.366 e. The molecule has 0 radical (unpaired) electrons. The second-order valence-corrected chi connectivity index (χ2v) is 7.34. The molecule has 2 aromatic heterocycles. The normalized spacial score (nSPS) is 20.3. The lowest BCUT2D eigenvalue weighted by Crippen LogP contribution is -2.44. The monoisotopic (exact) mass is 327 g/mol. The van der Waals surface area contributed by atoms with Gasteiger partial charge in [-0.25, -0.2) is 4.52 Å². The number of anilines is 1. The molecule has 0 unspecified atom stereocenters. The van der Waals surface area contributed by atoms with Crippen molar-refractivity contribution in [1.82, 2.24) is 19.4 Å². The lowest BCUT2D eigenvalue weighted by Gasteiger charge is -2.33. The van der Waals surface area contributed by atoms with Crippen LogP contribution in [0.1, 0.15) is 24.8 Å². The highest BCUT2D eigenvalue weighted by molar-refractivity contribution is 5.72. The zero-order valence-corrected chi connectivity index (χ0v) is 14.8. The number of fused-ring (bicyclic) bond motifs is 1. The molecule has 4 heterocycles. The van der Waals surface area contributed by atoms with E-state index in [1.807, 2.05) is 6.20 Å². The zero-order chi connectivity index (χ0) is 16.4. The smallest absolute Gasteiger partial charge is 0.0895 e. The van der Waals surface area contributed by atoms with Gasteiger partial charge in [-0.2, -0.15) is 5.10 Å². The van der Waals surface area contributed by atoms with E-state index in [0.29, 0.717) is 0 Å². The molecule has 0 bridgehead atoms. The molecule has 5 heteroatoms. The van der Waals surface area contributed by atoms with Gasteiger partial charge in [-0.1, -0.05) is 6.07 Å². The van der Waals surface area contributed by atoms with E-state index in [-0.39, 0.29) is 0 Å². The Balaban J connectivity index is 1.40. The van der Waals surface area contributed by atoms with Gasteiger partial charge in [0.1, 0.15) is 0 Å². The number of pyridine rings is 1. The van der Waals surface area contributed by atoms with E-state index >= 15 is 0 Å². The van der Waals surface area contributed by atoms with E-state index in [0.717, 1.165) is 32.6 Å². The quantitative estimate of drug-likeness (QED) is 0.840. The van der Waals surface area contributed by atoms with Gasteiger partial charge in [-0.15, -0.1) is 0 Å². The first kappa shape index (κ1) is 15.9. The van der Waals surface area contributed by atoms with E-state index < -0.39 is 0 Å². The zero-order valence-electron chi connectivity index (χ0n) is 14.8. The third-order valence-electron chi connectivity index (χ3n) is 5.54. The van der Waals surface area contributed by atoms with Crippen LogP contribution >= 0.6 is 0 Å². The van der Waals surface area contributed by atoms with Crippen molar-refractivity contribution in [2.75, 3.05) is 57.8 Å². The van der Waals surface area contributed by atoms with Crippen LogP contribution in [0.4, 0.5) is 5.69 Å². The molecule has 0 N–H and O–H groups in total. The topological polar surface area (TPSA) is 27.0 Å². The summed E-state index contributed by atoms with van der Waals surface area (Å²) in [7, 11) is 2.20. The van der Waals surface area contributed by atoms with Crippen LogP contribution in [0.5, 0.6) is 0 Å². The van der Waals surface area contributed by atoms with Gasteiger partial charge in [-0.05, 0) is 64.0 Å². The molecule has 0 atom stereocenters. The summed E-state index contributed by atoms with van der Waals surface area (Å²) in [5, 5.41) is 4.61. The first-order valence-electron chi connectivity index (χ1n) is 9.42. The van der Waals surface area contributed by atoms with E-state index in [9.17, 15) is 0 Å². The van der Waals surface area contributed by atoms with E-state index in [1.165, 1.54) is 55.7 Å². The maximum atomic E-state index is 4.61. The SMILES string of the molecule is CN1CCN(c2cnn3cc(CCCN4CCCC4)ccc23)CC1. The molecule has 5 nitrogen and oxygen atoms in total. The highest BCUT2D eigenvalue weighted by Gasteiger charge is 2.17. The Morgan fingerprint density at radius 1 is 1.00 bits per heavy atom. The van der Waals surface area contributed by atoms with Gasteiger partial charge in [0, 0.05) is 32.4 Å². The molecule has 2 aromatic rings. The van der Waals surface area contributed by atoms with Crippen molar-refractivity contribution in [2.45, 2.75) is 25.7 Å². The van der Waals surface area contributed by atoms with Crippen LogP contribution in [-0.4, -0.2) is 72.3 Å². The van der Waals surface area contributed by atoms with Crippen molar-refractivity contribution in [3.05, 3.63) is 30.1 Å². The van der Waals surface area contributed by atoms with Crippen molar-refractivity contribution >= 4 is 11.2 Å². The molecule has 0 amide bonds. The minimum Gasteiger partial charge on any atom is -0.366 e. The summed E-state index contributed by atoms with van der Waals surface area (Å²) in [6, 6.07) is 4.55. The Morgan fingerprint density at radius 3 is 2.58 bits per heavy atom. The predicted octanol–water partition coefficient (Wildman–Crippen LogP) is 2.11. The lowest BCUT2D eigenvalue weighted by atomic mass is 10.1. The summed E-state index contributed by atoms with van der Waals surface area (Å²) >= 11 is 0. The standard InChI is InChI=1S/C19H29N5/c1-21-11-13-23(14-12-21)19-15-20-24-16-17(6-7-18(19)24)5-4-10-22-8-2-3-9-22/h6-7,15-16H,2-5,8-14H2,1H3. The molecule has 2 aliphatic rings. The third-order valence-corrected chi connectivity index (χ3v) is 5.54. The summed E-state index contributed by atoms with van der Waals surface area (Å²) in [5.74, 6) is 0. The van der Waals surface area contributed by atoms with E-state index in [1.54, 1.807) is 0 Å². The Kier molecular flexibility index (Phi) is 4.72. The molecule has 4 rings (SSSR count). The molecule has 0 saturated carbocycles. The van der Waals surface area contributed by atoms with Crippen LogP contribution in [0, 0.1) is 0 Å². The van der Waals surface area contributed by atoms with Crippen LogP contribution in [0.25, 0.3) is 5.52 Å². The van der Waals surface area contributed by atoms with Gasteiger partial charge in [0.25, 0.3) is 0 Å². The number of piperazine rings is 1. The summed E-state index contributed by atoms with van der Waals surface area (Å²) in [6.45, 7) is 8.28. The van der Waals surface area contributed by atoms with Crippen molar-refractivity contribution < 1.29 is 0 Å². The Labute approximate surface area is 144 Å². The second kappa shape index (κ2) is 7.11. The maximum absolute atomic E-state index is 4.61. The molecule has 24 heavy (non-hydrogen) atoms. The highest BCUT2D eigenvalue weighted by atomic mass is 15.3. The molecular formula is C19H29N5. The number of aryl methyl sites for hydroxylation is 1. The van der Waals surface area contributed by atoms with Crippen LogP contribution in [0.15, 0.2) is 24.5 Å². The molecule has 2 aliphatic heterocycles. The Bertz CT molecular complexity index is 665. The van der Waals surface area contributed by atoms with Crippen molar-refractivity contribution in [2.24, 2.45) is 0 Å². The first-order valence-corrected chi connectivity index (χ1v) is 9.42. The predicted molar refractivity (Wildman–Crippen MR) is 98.9 cm³/mol. The summed E-state index contributed by atoms with van der Waals surface area (Å²) in [4.78, 5) is 7.45. The Morgan fingerprint density at radius 2 is 1.79 bits per heavy atom. The fourth-order valence-corrected chi connectivity index (χ4v) is 3.97. The number of nitrogens with zero attached hydrogens (tertiary/aromatic N) is 5. The minimum atomic E-state index is 1.09. The number of rotatable bonds is 5. The fourth-order valence-electron chi connectivity index (χ4n) is 3.97. The van der Waals surface area contributed by atoms with E-state index in [2.05, 4.69) is 49.7 Å². The highest BCUT2D eigenvalue weighted by Crippen LogP contribution is 2.23. The average Bonchev–Trinajstić information content (AvgIpc) is 3.25. The van der Waals surface area contributed by atoms with Crippen LogP contribution in [0.2, 0.25) is 0 Å². The molecule has 130 valence electrons. The fraction of sp³-hybridized carbons (Fsp3) is 0.632. The molecule has 0 aliphatic carbocycles. The molecular weight excluding hydrogens is 298 g/mol. The number of hydrogen-bond acceptors (Lipinski definition) is 4. The van der Waals surface area contributed by atoms with Gasteiger partial charge in [0.15, 0.2) is 0 Å². The molecule has 0 aromatic carbocycles. The van der Waals surface area contributed by atoms with Gasteiger partial charge in [0.2, 0.25) is 0 Å². The molecule has 2 fully saturated rings. The third kappa shape index (κ3) is 3.42. The van der Waals surface area contributed by atoms with Crippen LogP contribution in [0.3, 0.4) is 0 Å². The minimum absolute atomic E-state index is 1.09. The van der Waals surface area contributed by atoms with Gasteiger partial charge >= 0.3 is 0 Å². The van der Waals surface area contributed by atoms with Gasteiger partial charge < -0.3 is 14.7 Å². The average molecular weight is 327 g/mol. The van der Waals surface area contributed by atoms with Crippen molar-refractivity contribution in [3.63, 3.8) is 0 Å². The molecule has 0 spiro atoms. The van der Waals surface area contributed by atoms with Crippen LogP contribution in [-0.2, 0) is 6.42 Å². The Hall–Kier alpha value is -1.59. The summed E-state index contributed by atoms with van der Waals surface area (Å²) in [5.41, 5.74) is 3.92. The summed E-state index contributed by atoms with van der Waals surface area (Å²) < 4.78 is 2.07.